The van der Waals surface area contributed by atoms with E-state index in [1.54, 1.807) is 11.3 Å². The van der Waals surface area contributed by atoms with Gasteiger partial charge in [0.1, 0.15) is 0 Å². The molecule has 1 unspecified atom stereocenters. The highest BCUT2D eigenvalue weighted by molar-refractivity contribution is 7.08. The third-order valence-corrected chi connectivity index (χ3v) is 3.07. The first kappa shape index (κ1) is 10.7. The van der Waals surface area contributed by atoms with E-state index in [9.17, 15) is 0 Å². The van der Waals surface area contributed by atoms with Crippen molar-refractivity contribution >= 4 is 17.0 Å². The molecule has 80 valence electrons. The SMILES string of the molecule is N#CC(CNc1ccsc1)c1ccccc1. The Labute approximate surface area is 99.2 Å². The summed E-state index contributed by atoms with van der Waals surface area (Å²) in [5.74, 6) is -0.0962. The van der Waals surface area contributed by atoms with Crippen LogP contribution in [-0.2, 0) is 0 Å². The average molecular weight is 228 g/mol. The van der Waals surface area contributed by atoms with E-state index in [4.69, 9.17) is 5.26 Å². The van der Waals surface area contributed by atoms with E-state index in [0.29, 0.717) is 6.54 Å². The topological polar surface area (TPSA) is 35.8 Å². The van der Waals surface area contributed by atoms with Crippen molar-refractivity contribution in [1.29, 1.82) is 5.26 Å². The number of hydrogen-bond acceptors (Lipinski definition) is 3. The fourth-order valence-corrected chi connectivity index (χ4v) is 2.12. The summed E-state index contributed by atoms with van der Waals surface area (Å²) in [6.07, 6.45) is 0. The van der Waals surface area contributed by atoms with Gasteiger partial charge in [0.2, 0.25) is 0 Å². The lowest BCUT2D eigenvalue weighted by Gasteiger charge is -2.10. The summed E-state index contributed by atoms with van der Waals surface area (Å²) in [4.78, 5) is 0. The molecule has 0 bridgehead atoms. The van der Waals surface area contributed by atoms with Gasteiger partial charge in [-0.3, -0.25) is 0 Å². The second-order valence-electron chi connectivity index (χ2n) is 3.49. The zero-order valence-electron chi connectivity index (χ0n) is 8.76. The minimum atomic E-state index is -0.0962. The molecule has 1 atom stereocenters. The lowest BCUT2D eigenvalue weighted by atomic mass is 10.0. The van der Waals surface area contributed by atoms with E-state index in [1.165, 1.54) is 0 Å². The molecule has 0 radical (unpaired) electrons. The van der Waals surface area contributed by atoms with Gasteiger partial charge in [0.25, 0.3) is 0 Å². The van der Waals surface area contributed by atoms with Crippen molar-refractivity contribution in [2.45, 2.75) is 5.92 Å². The van der Waals surface area contributed by atoms with Gasteiger partial charge in [-0.15, -0.1) is 0 Å². The third kappa shape index (κ3) is 2.62. The number of rotatable bonds is 4. The van der Waals surface area contributed by atoms with E-state index in [1.807, 2.05) is 47.2 Å². The van der Waals surface area contributed by atoms with Crippen LogP contribution in [-0.4, -0.2) is 6.54 Å². The fourth-order valence-electron chi connectivity index (χ4n) is 1.51. The Balaban J connectivity index is 2.00. The lowest BCUT2D eigenvalue weighted by molar-refractivity contribution is 0.901. The van der Waals surface area contributed by atoms with E-state index < -0.39 is 0 Å². The predicted octanol–water partition coefficient (Wildman–Crippen LogP) is 3.47. The largest absolute Gasteiger partial charge is 0.383 e. The van der Waals surface area contributed by atoms with Crippen LogP contribution in [0.25, 0.3) is 0 Å². The van der Waals surface area contributed by atoms with Crippen LogP contribution in [0.1, 0.15) is 11.5 Å². The Morgan fingerprint density at radius 1 is 1.25 bits per heavy atom. The molecular weight excluding hydrogens is 216 g/mol. The van der Waals surface area contributed by atoms with Crippen LogP contribution >= 0.6 is 11.3 Å². The van der Waals surface area contributed by atoms with Gasteiger partial charge in [-0.05, 0) is 17.0 Å². The normalized spacial score (nSPS) is 11.7. The molecule has 2 rings (SSSR count). The lowest BCUT2D eigenvalue weighted by Crippen LogP contribution is -2.10. The first-order chi connectivity index (χ1) is 7.90. The van der Waals surface area contributed by atoms with Gasteiger partial charge < -0.3 is 5.32 Å². The van der Waals surface area contributed by atoms with Crippen molar-refractivity contribution in [2.24, 2.45) is 0 Å². The third-order valence-electron chi connectivity index (χ3n) is 2.39. The van der Waals surface area contributed by atoms with E-state index >= 15 is 0 Å². The van der Waals surface area contributed by atoms with Crippen molar-refractivity contribution < 1.29 is 0 Å². The van der Waals surface area contributed by atoms with Crippen molar-refractivity contribution in [3.8, 4) is 6.07 Å². The maximum absolute atomic E-state index is 9.12. The van der Waals surface area contributed by atoms with Crippen LogP contribution in [0.3, 0.4) is 0 Å². The Morgan fingerprint density at radius 2 is 2.06 bits per heavy atom. The molecule has 3 heteroatoms. The Morgan fingerprint density at radius 3 is 2.69 bits per heavy atom. The predicted molar refractivity (Wildman–Crippen MR) is 67.6 cm³/mol. The highest BCUT2D eigenvalue weighted by Gasteiger charge is 2.09. The molecule has 0 spiro atoms. The molecule has 0 amide bonds. The monoisotopic (exact) mass is 228 g/mol. The van der Waals surface area contributed by atoms with Crippen LogP contribution in [0.5, 0.6) is 0 Å². The first-order valence-corrected chi connectivity index (χ1v) is 6.05. The maximum atomic E-state index is 9.12. The number of benzene rings is 1. The van der Waals surface area contributed by atoms with Crippen molar-refractivity contribution in [2.75, 3.05) is 11.9 Å². The van der Waals surface area contributed by atoms with Gasteiger partial charge in [0.05, 0.1) is 12.0 Å². The van der Waals surface area contributed by atoms with Gasteiger partial charge in [-0.2, -0.15) is 16.6 Å². The summed E-state index contributed by atoms with van der Waals surface area (Å²) >= 11 is 1.65. The first-order valence-electron chi connectivity index (χ1n) is 5.11. The molecular formula is C13H12N2S. The van der Waals surface area contributed by atoms with Gasteiger partial charge in [-0.1, -0.05) is 30.3 Å². The summed E-state index contributed by atoms with van der Waals surface area (Å²) < 4.78 is 0. The molecule has 2 aromatic rings. The summed E-state index contributed by atoms with van der Waals surface area (Å²) in [7, 11) is 0. The number of thiophene rings is 1. The Kier molecular flexibility index (Phi) is 3.58. The molecule has 0 aliphatic rings. The molecule has 1 N–H and O–H groups in total. The van der Waals surface area contributed by atoms with E-state index in [-0.39, 0.29) is 5.92 Å². The summed E-state index contributed by atoms with van der Waals surface area (Å²) in [6, 6.07) is 14.2. The smallest absolute Gasteiger partial charge is 0.0885 e. The molecule has 16 heavy (non-hydrogen) atoms. The molecule has 1 heterocycles. The standard InChI is InChI=1S/C13H12N2S/c14-8-12(11-4-2-1-3-5-11)9-15-13-6-7-16-10-13/h1-7,10,12,15H,9H2. The van der Waals surface area contributed by atoms with Crippen molar-refractivity contribution in [1.82, 2.24) is 0 Å². The van der Waals surface area contributed by atoms with Crippen molar-refractivity contribution in [3.63, 3.8) is 0 Å². The van der Waals surface area contributed by atoms with Gasteiger partial charge >= 0.3 is 0 Å². The van der Waals surface area contributed by atoms with E-state index in [2.05, 4.69) is 11.4 Å². The molecule has 1 aromatic carbocycles. The van der Waals surface area contributed by atoms with Crippen LogP contribution in [0.2, 0.25) is 0 Å². The summed E-state index contributed by atoms with van der Waals surface area (Å²) in [5, 5.41) is 16.4. The fraction of sp³-hybridized carbons (Fsp3) is 0.154. The molecule has 0 saturated carbocycles. The van der Waals surface area contributed by atoms with Crippen LogP contribution in [0, 0.1) is 11.3 Å². The van der Waals surface area contributed by atoms with Gasteiger partial charge in [0.15, 0.2) is 0 Å². The maximum Gasteiger partial charge on any atom is 0.0885 e. The number of nitrogens with zero attached hydrogens (tertiary/aromatic N) is 1. The van der Waals surface area contributed by atoms with Gasteiger partial charge in [-0.25, -0.2) is 0 Å². The number of hydrogen-bond donors (Lipinski definition) is 1. The molecule has 0 fully saturated rings. The second-order valence-corrected chi connectivity index (χ2v) is 4.27. The van der Waals surface area contributed by atoms with Crippen LogP contribution in [0.15, 0.2) is 47.2 Å². The molecule has 0 aliphatic carbocycles. The second kappa shape index (κ2) is 5.34. The van der Waals surface area contributed by atoms with E-state index in [0.717, 1.165) is 11.3 Å². The number of anilines is 1. The van der Waals surface area contributed by atoms with Gasteiger partial charge in [0, 0.05) is 17.6 Å². The average Bonchev–Trinajstić information content (AvgIpc) is 2.84. The molecule has 0 aliphatic heterocycles. The zero-order valence-corrected chi connectivity index (χ0v) is 9.58. The Bertz CT molecular complexity index is 456. The van der Waals surface area contributed by atoms with Crippen molar-refractivity contribution in [3.05, 3.63) is 52.7 Å². The summed E-state index contributed by atoms with van der Waals surface area (Å²) in [6.45, 7) is 0.650. The van der Waals surface area contributed by atoms with Crippen LogP contribution in [0.4, 0.5) is 5.69 Å². The number of nitriles is 1. The molecule has 0 saturated heterocycles. The quantitative estimate of drug-likeness (QED) is 0.869. The highest BCUT2D eigenvalue weighted by atomic mass is 32.1. The Hall–Kier alpha value is -1.79. The highest BCUT2D eigenvalue weighted by Crippen LogP contribution is 2.17. The van der Waals surface area contributed by atoms with Crippen LogP contribution < -0.4 is 5.32 Å². The minimum absolute atomic E-state index is 0.0962. The minimum Gasteiger partial charge on any atom is -0.383 e. The summed E-state index contributed by atoms with van der Waals surface area (Å²) in [5.41, 5.74) is 2.15. The number of nitrogens with one attached hydrogen (secondary N) is 1. The molecule has 2 nitrogen and oxygen atoms in total. The molecule has 1 aromatic heterocycles. The zero-order chi connectivity index (χ0) is 11.2.